The van der Waals surface area contributed by atoms with Crippen LogP contribution in [0.3, 0.4) is 0 Å². The molecule has 0 bridgehead atoms. The molecule has 1 aromatic carbocycles. The third-order valence-electron chi connectivity index (χ3n) is 4.94. The van der Waals surface area contributed by atoms with Crippen molar-refractivity contribution < 1.29 is 14.2 Å². The lowest BCUT2D eigenvalue weighted by Crippen LogP contribution is -2.48. The van der Waals surface area contributed by atoms with Crippen LogP contribution in [-0.2, 0) is 6.54 Å². The summed E-state index contributed by atoms with van der Waals surface area (Å²) in [7, 11) is 6.72. The van der Waals surface area contributed by atoms with Crippen LogP contribution in [0.15, 0.2) is 17.1 Å². The van der Waals surface area contributed by atoms with Crippen LogP contribution in [-0.4, -0.2) is 64.9 Å². The molecular formula is C20H34N4O3. The summed E-state index contributed by atoms with van der Waals surface area (Å²) < 4.78 is 16.3. The van der Waals surface area contributed by atoms with Crippen LogP contribution in [0.4, 0.5) is 0 Å². The molecule has 1 aliphatic rings. The van der Waals surface area contributed by atoms with E-state index in [0.29, 0.717) is 18.3 Å². The smallest absolute Gasteiger partial charge is 0.191 e. The summed E-state index contributed by atoms with van der Waals surface area (Å²) in [4.78, 5) is 6.90. The van der Waals surface area contributed by atoms with Crippen LogP contribution >= 0.6 is 0 Å². The molecule has 0 radical (unpaired) electrons. The van der Waals surface area contributed by atoms with Gasteiger partial charge < -0.3 is 29.7 Å². The Labute approximate surface area is 163 Å². The molecule has 27 heavy (non-hydrogen) atoms. The average molecular weight is 379 g/mol. The fourth-order valence-corrected chi connectivity index (χ4v) is 3.43. The molecule has 7 nitrogen and oxygen atoms in total. The molecule has 1 fully saturated rings. The van der Waals surface area contributed by atoms with Gasteiger partial charge in [0.15, 0.2) is 5.96 Å². The second-order valence-corrected chi connectivity index (χ2v) is 6.70. The summed E-state index contributed by atoms with van der Waals surface area (Å²) in [5.74, 6) is 2.95. The van der Waals surface area contributed by atoms with Gasteiger partial charge in [-0.05, 0) is 25.8 Å². The van der Waals surface area contributed by atoms with Gasteiger partial charge in [0.2, 0.25) is 0 Å². The Balaban J connectivity index is 1.96. The highest BCUT2D eigenvalue weighted by atomic mass is 16.5. The number of piperidine rings is 1. The molecule has 2 N–H and O–H groups in total. The van der Waals surface area contributed by atoms with Gasteiger partial charge in [-0.3, -0.25) is 4.99 Å². The maximum Gasteiger partial charge on any atom is 0.191 e. The van der Waals surface area contributed by atoms with Crippen molar-refractivity contribution >= 4 is 5.96 Å². The van der Waals surface area contributed by atoms with Crippen LogP contribution < -0.4 is 24.8 Å². The number of hydrogen-bond acceptors (Lipinski definition) is 5. The second-order valence-electron chi connectivity index (χ2n) is 6.70. The van der Waals surface area contributed by atoms with Crippen LogP contribution in [0.25, 0.3) is 0 Å². The molecule has 1 aliphatic heterocycles. The quantitative estimate of drug-likeness (QED) is 0.534. The van der Waals surface area contributed by atoms with Crippen molar-refractivity contribution in [2.75, 3.05) is 48.0 Å². The van der Waals surface area contributed by atoms with E-state index in [-0.39, 0.29) is 0 Å². The minimum absolute atomic E-state index is 0.448. The van der Waals surface area contributed by atoms with Crippen LogP contribution in [0, 0.1) is 0 Å². The highest BCUT2D eigenvalue weighted by molar-refractivity contribution is 5.80. The van der Waals surface area contributed by atoms with E-state index in [4.69, 9.17) is 14.2 Å². The van der Waals surface area contributed by atoms with Crippen LogP contribution in [0.5, 0.6) is 17.2 Å². The van der Waals surface area contributed by atoms with Gasteiger partial charge in [0.05, 0.1) is 33.4 Å². The normalized spacial score (nSPS) is 16.1. The summed E-state index contributed by atoms with van der Waals surface area (Å²) in [6.45, 7) is 6.25. The first-order valence-corrected chi connectivity index (χ1v) is 9.63. The number of rotatable bonds is 8. The van der Waals surface area contributed by atoms with Crippen molar-refractivity contribution in [3.63, 3.8) is 0 Å². The molecular weight excluding hydrogens is 344 g/mol. The lowest BCUT2D eigenvalue weighted by molar-refractivity contribution is 0.206. The molecule has 0 saturated carbocycles. The molecule has 152 valence electrons. The van der Waals surface area contributed by atoms with E-state index in [0.717, 1.165) is 49.0 Å². The Morgan fingerprint density at radius 1 is 1.11 bits per heavy atom. The highest BCUT2D eigenvalue weighted by Crippen LogP contribution is 2.33. The molecule has 2 rings (SSSR count). The molecule has 7 heteroatoms. The zero-order chi connectivity index (χ0) is 19.6. The summed E-state index contributed by atoms with van der Waals surface area (Å²) in [6, 6.07) is 4.17. The van der Waals surface area contributed by atoms with Crippen molar-refractivity contribution in [1.82, 2.24) is 15.5 Å². The number of ether oxygens (including phenoxy) is 3. The molecule has 0 atom stereocenters. The lowest BCUT2D eigenvalue weighted by Gasteiger charge is -2.32. The van der Waals surface area contributed by atoms with Gasteiger partial charge in [-0.1, -0.05) is 6.92 Å². The van der Waals surface area contributed by atoms with E-state index in [9.17, 15) is 0 Å². The topological polar surface area (TPSA) is 67.4 Å². The van der Waals surface area contributed by atoms with Gasteiger partial charge in [0, 0.05) is 38.3 Å². The van der Waals surface area contributed by atoms with Gasteiger partial charge in [-0.2, -0.15) is 0 Å². The Hall–Kier alpha value is -2.15. The molecule has 0 aliphatic carbocycles. The molecule has 0 spiro atoms. The van der Waals surface area contributed by atoms with Crippen molar-refractivity contribution in [3.05, 3.63) is 17.7 Å². The van der Waals surface area contributed by atoms with Gasteiger partial charge >= 0.3 is 0 Å². The van der Waals surface area contributed by atoms with E-state index < -0.39 is 0 Å². The van der Waals surface area contributed by atoms with Crippen molar-refractivity contribution in [2.45, 2.75) is 38.8 Å². The molecule has 0 amide bonds. The molecule has 1 aromatic rings. The SMILES string of the molecule is CCCN1CCC(NC(=NC)NCc2c(OC)cc(OC)cc2OC)CC1. The van der Waals surface area contributed by atoms with Gasteiger partial charge in [-0.25, -0.2) is 0 Å². The van der Waals surface area contributed by atoms with E-state index in [1.54, 1.807) is 28.4 Å². The first-order valence-electron chi connectivity index (χ1n) is 9.63. The Kier molecular flexibility index (Phi) is 8.51. The maximum atomic E-state index is 5.52. The van der Waals surface area contributed by atoms with Crippen molar-refractivity contribution in [3.8, 4) is 17.2 Å². The number of benzene rings is 1. The van der Waals surface area contributed by atoms with Crippen LogP contribution in [0.1, 0.15) is 31.7 Å². The van der Waals surface area contributed by atoms with E-state index in [1.165, 1.54) is 13.0 Å². The average Bonchev–Trinajstić information content (AvgIpc) is 2.71. The summed E-state index contributed by atoms with van der Waals surface area (Å²) in [5, 5.41) is 6.92. The standard InChI is InChI=1S/C20H34N4O3/c1-6-9-24-10-7-15(8-11-24)23-20(21-2)22-14-17-18(26-4)12-16(25-3)13-19(17)27-5/h12-13,15H,6-11,14H2,1-5H3,(H2,21,22,23). The molecule has 0 unspecified atom stereocenters. The van der Waals surface area contributed by atoms with Crippen molar-refractivity contribution in [1.29, 1.82) is 0 Å². The summed E-state index contributed by atoms with van der Waals surface area (Å²) in [5.41, 5.74) is 0.932. The van der Waals surface area contributed by atoms with Crippen LogP contribution in [0.2, 0.25) is 0 Å². The lowest BCUT2D eigenvalue weighted by atomic mass is 10.1. The monoisotopic (exact) mass is 378 g/mol. The van der Waals surface area contributed by atoms with E-state index in [1.807, 2.05) is 12.1 Å². The minimum atomic E-state index is 0.448. The summed E-state index contributed by atoms with van der Waals surface area (Å²) >= 11 is 0. The van der Waals surface area contributed by atoms with Crippen molar-refractivity contribution in [2.24, 2.45) is 4.99 Å². The van der Waals surface area contributed by atoms with Gasteiger partial charge in [0.25, 0.3) is 0 Å². The first kappa shape index (κ1) is 21.2. The Morgan fingerprint density at radius 3 is 2.22 bits per heavy atom. The highest BCUT2D eigenvalue weighted by Gasteiger charge is 2.20. The molecule has 1 saturated heterocycles. The fraction of sp³-hybridized carbons (Fsp3) is 0.650. The third kappa shape index (κ3) is 5.92. The van der Waals surface area contributed by atoms with E-state index in [2.05, 4.69) is 27.4 Å². The molecule has 1 heterocycles. The zero-order valence-electron chi connectivity index (χ0n) is 17.3. The number of likely N-dealkylation sites (tertiary alicyclic amines) is 1. The van der Waals surface area contributed by atoms with Gasteiger partial charge in [0.1, 0.15) is 17.2 Å². The zero-order valence-corrected chi connectivity index (χ0v) is 17.3. The predicted molar refractivity (Wildman–Crippen MR) is 109 cm³/mol. The minimum Gasteiger partial charge on any atom is -0.496 e. The molecule has 0 aromatic heterocycles. The maximum absolute atomic E-state index is 5.52. The second kappa shape index (κ2) is 10.9. The fourth-order valence-electron chi connectivity index (χ4n) is 3.43. The Bertz CT molecular complexity index is 588. The third-order valence-corrected chi connectivity index (χ3v) is 4.94. The number of methoxy groups -OCH3 is 3. The Morgan fingerprint density at radius 2 is 1.74 bits per heavy atom. The predicted octanol–water partition coefficient (Wildman–Crippen LogP) is 2.25. The van der Waals surface area contributed by atoms with E-state index >= 15 is 0 Å². The first-order chi connectivity index (χ1) is 13.1. The number of guanidine groups is 1. The number of aliphatic imine (C=N–C) groups is 1. The van der Waals surface area contributed by atoms with Gasteiger partial charge in [-0.15, -0.1) is 0 Å². The number of nitrogens with one attached hydrogen (secondary N) is 2. The number of hydrogen-bond donors (Lipinski definition) is 2. The largest absolute Gasteiger partial charge is 0.496 e. The number of nitrogens with zero attached hydrogens (tertiary/aromatic N) is 2. The summed E-state index contributed by atoms with van der Waals surface area (Å²) in [6.07, 6.45) is 3.48.